The number of amides is 1. The minimum atomic E-state index is -1.09. The van der Waals surface area contributed by atoms with Gasteiger partial charge in [-0.2, -0.15) is 0 Å². The molecule has 1 aromatic carbocycles. The highest BCUT2D eigenvalue weighted by atomic mass is 19.1. The minimum absolute atomic E-state index is 0.229. The third-order valence-corrected chi connectivity index (χ3v) is 2.48. The van der Waals surface area contributed by atoms with Crippen LogP contribution in [-0.2, 0) is 9.59 Å². The van der Waals surface area contributed by atoms with Gasteiger partial charge in [0.15, 0.2) is 6.10 Å². The number of nitrogens with zero attached hydrogens (tertiary/aromatic N) is 1. The number of hydrogen-bond acceptors (Lipinski definition) is 3. The van der Waals surface area contributed by atoms with Crippen molar-refractivity contribution < 1.29 is 23.8 Å². The summed E-state index contributed by atoms with van der Waals surface area (Å²) in [7, 11) is 0. The highest BCUT2D eigenvalue weighted by Gasteiger charge is 2.22. The Balaban J connectivity index is 2.68. The molecule has 1 atom stereocenters. The van der Waals surface area contributed by atoms with Crippen molar-refractivity contribution in [2.75, 3.05) is 13.1 Å². The number of ether oxygens (including phenoxy) is 1. The number of rotatable bonds is 6. The van der Waals surface area contributed by atoms with Crippen molar-refractivity contribution in [3.05, 3.63) is 30.1 Å². The largest absolute Gasteiger partial charge is 0.481 e. The van der Waals surface area contributed by atoms with Crippen molar-refractivity contribution in [2.45, 2.75) is 20.0 Å². The predicted molar refractivity (Wildman–Crippen MR) is 66.4 cm³/mol. The van der Waals surface area contributed by atoms with Gasteiger partial charge in [-0.3, -0.25) is 9.59 Å². The summed E-state index contributed by atoms with van der Waals surface area (Å²) in [5, 5.41) is 8.69. The molecule has 0 spiro atoms. The molecule has 1 N–H and O–H groups in total. The Bertz CT molecular complexity index is 464. The lowest BCUT2D eigenvalue weighted by atomic mass is 10.3. The Morgan fingerprint density at radius 3 is 2.68 bits per heavy atom. The van der Waals surface area contributed by atoms with Crippen molar-refractivity contribution in [1.29, 1.82) is 0 Å². The van der Waals surface area contributed by atoms with E-state index in [-0.39, 0.29) is 18.8 Å². The average molecular weight is 269 g/mol. The topological polar surface area (TPSA) is 66.8 Å². The molecule has 0 saturated heterocycles. The van der Waals surface area contributed by atoms with Crippen LogP contribution in [0.3, 0.4) is 0 Å². The number of carboxylic acids is 1. The smallest absolute Gasteiger partial charge is 0.323 e. The third kappa shape index (κ3) is 4.57. The molecule has 104 valence electrons. The van der Waals surface area contributed by atoms with Crippen molar-refractivity contribution in [3.63, 3.8) is 0 Å². The zero-order chi connectivity index (χ0) is 14.4. The van der Waals surface area contributed by atoms with Crippen LogP contribution in [0.1, 0.15) is 13.8 Å². The number of benzene rings is 1. The van der Waals surface area contributed by atoms with Crippen LogP contribution in [0, 0.1) is 5.82 Å². The van der Waals surface area contributed by atoms with Gasteiger partial charge in [0.2, 0.25) is 0 Å². The van der Waals surface area contributed by atoms with Gasteiger partial charge in [-0.05, 0) is 26.0 Å². The van der Waals surface area contributed by atoms with Gasteiger partial charge in [-0.1, -0.05) is 6.07 Å². The van der Waals surface area contributed by atoms with Crippen LogP contribution < -0.4 is 4.74 Å². The monoisotopic (exact) mass is 269 g/mol. The van der Waals surface area contributed by atoms with Crippen LogP contribution in [0.4, 0.5) is 4.39 Å². The number of likely N-dealkylation sites (N-methyl/N-ethyl adjacent to an activating group) is 1. The Labute approximate surface area is 110 Å². The minimum Gasteiger partial charge on any atom is -0.481 e. The Morgan fingerprint density at radius 1 is 1.47 bits per heavy atom. The van der Waals surface area contributed by atoms with E-state index in [1.54, 1.807) is 6.92 Å². The van der Waals surface area contributed by atoms with Gasteiger partial charge >= 0.3 is 5.97 Å². The molecule has 0 saturated carbocycles. The normalized spacial score (nSPS) is 11.7. The van der Waals surface area contributed by atoms with Crippen LogP contribution in [0.25, 0.3) is 0 Å². The van der Waals surface area contributed by atoms with E-state index in [0.717, 1.165) is 11.0 Å². The Kier molecular flexibility index (Phi) is 5.29. The fraction of sp³-hybridized carbons (Fsp3) is 0.385. The first-order valence-corrected chi connectivity index (χ1v) is 5.86. The number of carbonyl (C=O) groups excluding carboxylic acids is 1. The van der Waals surface area contributed by atoms with Gasteiger partial charge in [0, 0.05) is 12.6 Å². The van der Waals surface area contributed by atoms with E-state index in [2.05, 4.69) is 0 Å². The molecule has 0 radical (unpaired) electrons. The molecule has 0 aliphatic heterocycles. The van der Waals surface area contributed by atoms with Gasteiger partial charge in [-0.15, -0.1) is 0 Å². The standard InChI is InChI=1S/C13H16FNO4/c1-3-15(8-12(16)17)13(18)9(2)19-11-6-4-5-10(14)7-11/h4-7,9H,3,8H2,1-2H3,(H,16,17). The van der Waals surface area contributed by atoms with E-state index in [4.69, 9.17) is 9.84 Å². The number of aliphatic carboxylic acids is 1. The number of hydrogen-bond donors (Lipinski definition) is 1. The fourth-order valence-electron chi connectivity index (χ4n) is 1.56. The Morgan fingerprint density at radius 2 is 2.16 bits per heavy atom. The third-order valence-electron chi connectivity index (χ3n) is 2.48. The second-order valence-corrected chi connectivity index (χ2v) is 3.96. The van der Waals surface area contributed by atoms with E-state index in [1.165, 1.54) is 25.1 Å². The summed E-state index contributed by atoms with van der Waals surface area (Å²) in [5.41, 5.74) is 0. The predicted octanol–water partition coefficient (Wildman–Crippen LogP) is 1.53. The lowest BCUT2D eigenvalue weighted by molar-refractivity contribution is -0.147. The molecule has 5 nitrogen and oxygen atoms in total. The number of halogens is 1. The second kappa shape index (κ2) is 6.72. The van der Waals surface area contributed by atoms with Gasteiger partial charge in [0.25, 0.3) is 5.91 Å². The number of carbonyl (C=O) groups is 2. The Hall–Kier alpha value is -2.11. The molecule has 0 fully saturated rings. The average Bonchev–Trinajstić information content (AvgIpc) is 2.34. The maximum absolute atomic E-state index is 13.0. The van der Waals surface area contributed by atoms with E-state index in [1.807, 2.05) is 0 Å². The van der Waals surface area contributed by atoms with Crippen molar-refractivity contribution >= 4 is 11.9 Å². The molecular formula is C13H16FNO4. The number of carboxylic acid groups (broad SMARTS) is 1. The molecule has 0 aliphatic rings. The maximum atomic E-state index is 13.0. The summed E-state index contributed by atoms with van der Waals surface area (Å²) in [6, 6.07) is 5.43. The molecule has 0 aromatic heterocycles. The summed E-state index contributed by atoms with van der Waals surface area (Å²) < 4.78 is 18.3. The molecule has 19 heavy (non-hydrogen) atoms. The molecule has 1 aromatic rings. The van der Waals surface area contributed by atoms with Crippen LogP contribution in [0.5, 0.6) is 5.75 Å². The molecule has 6 heteroatoms. The first-order chi connectivity index (χ1) is 8.93. The molecule has 0 bridgehead atoms. The summed E-state index contributed by atoms with van der Waals surface area (Å²) in [5.74, 6) is -1.77. The molecular weight excluding hydrogens is 253 g/mol. The van der Waals surface area contributed by atoms with Gasteiger partial charge in [-0.25, -0.2) is 4.39 Å². The highest BCUT2D eigenvalue weighted by molar-refractivity contribution is 5.84. The van der Waals surface area contributed by atoms with E-state index < -0.39 is 23.8 Å². The van der Waals surface area contributed by atoms with Gasteiger partial charge in [0.05, 0.1) is 0 Å². The first kappa shape index (κ1) is 14.9. The summed E-state index contributed by atoms with van der Waals surface area (Å²) in [6.07, 6.45) is -0.874. The van der Waals surface area contributed by atoms with Crippen molar-refractivity contribution in [3.8, 4) is 5.75 Å². The molecule has 0 heterocycles. The zero-order valence-corrected chi connectivity index (χ0v) is 10.8. The van der Waals surface area contributed by atoms with Crippen molar-refractivity contribution in [1.82, 2.24) is 4.90 Å². The summed E-state index contributed by atoms with van der Waals surface area (Å²) >= 11 is 0. The van der Waals surface area contributed by atoms with Crippen LogP contribution >= 0.6 is 0 Å². The van der Waals surface area contributed by atoms with E-state index in [9.17, 15) is 14.0 Å². The summed E-state index contributed by atoms with van der Waals surface area (Å²) in [4.78, 5) is 23.7. The maximum Gasteiger partial charge on any atom is 0.323 e. The lowest BCUT2D eigenvalue weighted by Gasteiger charge is -2.23. The molecule has 1 amide bonds. The van der Waals surface area contributed by atoms with Crippen LogP contribution in [-0.4, -0.2) is 41.1 Å². The second-order valence-electron chi connectivity index (χ2n) is 3.96. The van der Waals surface area contributed by atoms with Crippen molar-refractivity contribution in [2.24, 2.45) is 0 Å². The zero-order valence-electron chi connectivity index (χ0n) is 10.8. The lowest BCUT2D eigenvalue weighted by Crippen LogP contribution is -2.43. The van der Waals surface area contributed by atoms with Gasteiger partial charge < -0.3 is 14.7 Å². The highest BCUT2D eigenvalue weighted by Crippen LogP contribution is 2.14. The fourth-order valence-corrected chi connectivity index (χ4v) is 1.56. The molecule has 1 rings (SSSR count). The van der Waals surface area contributed by atoms with Crippen LogP contribution in [0.2, 0.25) is 0 Å². The van der Waals surface area contributed by atoms with E-state index >= 15 is 0 Å². The SMILES string of the molecule is CCN(CC(=O)O)C(=O)C(C)Oc1cccc(F)c1. The summed E-state index contributed by atoms with van der Waals surface area (Å²) in [6.45, 7) is 3.06. The van der Waals surface area contributed by atoms with Crippen LogP contribution in [0.15, 0.2) is 24.3 Å². The molecule has 0 aliphatic carbocycles. The first-order valence-electron chi connectivity index (χ1n) is 5.86. The van der Waals surface area contributed by atoms with E-state index in [0.29, 0.717) is 0 Å². The quantitative estimate of drug-likeness (QED) is 0.850. The molecule has 1 unspecified atom stereocenters. The van der Waals surface area contributed by atoms with Gasteiger partial charge in [0.1, 0.15) is 18.1 Å².